The summed E-state index contributed by atoms with van der Waals surface area (Å²) in [5.41, 5.74) is 0.922. The van der Waals surface area contributed by atoms with Crippen molar-refractivity contribution in [2.45, 2.75) is 25.4 Å². The first-order valence-corrected chi connectivity index (χ1v) is 10.9. The predicted octanol–water partition coefficient (Wildman–Crippen LogP) is 4.69. The van der Waals surface area contributed by atoms with Gasteiger partial charge in [-0.15, -0.1) is 0 Å². The minimum atomic E-state index is -4.47. The number of fused-ring (bicyclic) bond motifs is 1. The van der Waals surface area contributed by atoms with E-state index in [0.29, 0.717) is 35.0 Å². The van der Waals surface area contributed by atoms with Gasteiger partial charge in [0.2, 0.25) is 5.91 Å². The number of likely N-dealkylation sites (N-methyl/N-ethyl adjacent to an activating group) is 1. The highest BCUT2D eigenvalue weighted by Crippen LogP contribution is 2.35. The molecule has 4 rings (SSSR count). The Morgan fingerprint density at radius 1 is 1.16 bits per heavy atom. The number of carbonyl (C=O) groups excluding carboxylic acids is 1. The lowest BCUT2D eigenvalue weighted by Crippen LogP contribution is -2.48. The average Bonchev–Trinajstić information content (AvgIpc) is 3.19. The van der Waals surface area contributed by atoms with Crippen LogP contribution in [0.25, 0.3) is 5.65 Å². The van der Waals surface area contributed by atoms with Gasteiger partial charge in [-0.1, -0.05) is 36.7 Å². The number of halogens is 4. The van der Waals surface area contributed by atoms with Gasteiger partial charge in [-0.05, 0) is 30.3 Å². The van der Waals surface area contributed by atoms with E-state index in [0.717, 1.165) is 31.8 Å². The summed E-state index contributed by atoms with van der Waals surface area (Å²) in [5, 5.41) is 0.474. The maximum atomic E-state index is 13.4. The molecule has 0 bridgehead atoms. The van der Waals surface area contributed by atoms with Gasteiger partial charge in [0.15, 0.2) is 0 Å². The SMILES string of the molecule is CCN1CCN(C(=O)CC(c2cccc(C(F)(F)F)c2)c2cnc3ccc(Cl)cn23)CC1. The van der Waals surface area contributed by atoms with Crippen molar-refractivity contribution in [2.75, 3.05) is 32.7 Å². The van der Waals surface area contributed by atoms with Gasteiger partial charge in [0.05, 0.1) is 16.3 Å². The Morgan fingerprint density at radius 3 is 2.59 bits per heavy atom. The van der Waals surface area contributed by atoms with E-state index in [-0.39, 0.29) is 12.3 Å². The quantitative estimate of drug-likeness (QED) is 0.550. The Labute approximate surface area is 189 Å². The van der Waals surface area contributed by atoms with Crippen LogP contribution in [0.5, 0.6) is 0 Å². The van der Waals surface area contributed by atoms with Crippen molar-refractivity contribution in [1.82, 2.24) is 19.2 Å². The molecule has 5 nitrogen and oxygen atoms in total. The Bertz CT molecular complexity index is 1110. The van der Waals surface area contributed by atoms with Crippen molar-refractivity contribution in [1.29, 1.82) is 0 Å². The van der Waals surface area contributed by atoms with Gasteiger partial charge in [0.1, 0.15) is 5.65 Å². The molecule has 1 aliphatic heterocycles. The highest BCUT2D eigenvalue weighted by Gasteiger charge is 2.32. The average molecular weight is 465 g/mol. The molecule has 9 heteroatoms. The Kier molecular flexibility index (Phi) is 6.44. The van der Waals surface area contributed by atoms with Crippen LogP contribution in [0.4, 0.5) is 13.2 Å². The molecule has 0 spiro atoms. The van der Waals surface area contributed by atoms with Gasteiger partial charge < -0.3 is 14.2 Å². The van der Waals surface area contributed by atoms with Crippen molar-refractivity contribution < 1.29 is 18.0 Å². The topological polar surface area (TPSA) is 40.8 Å². The molecule has 1 atom stereocenters. The lowest BCUT2D eigenvalue weighted by Gasteiger charge is -2.34. The first-order chi connectivity index (χ1) is 15.3. The molecule has 1 aliphatic rings. The van der Waals surface area contributed by atoms with Crippen LogP contribution in [0, 0.1) is 0 Å². The van der Waals surface area contributed by atoms with E-state index < -0.39 is 17.7 Å². The van der Waals surface area contributed by atoms with Crippen LogP contribution in [0.2, 0.25) is 5.02 Å². The zero-order valence-electron chi connectivity index (χ0n) is 17.6. The van der Waals surface area contributed by atoms with Gasteiger partial charge in [-0.2, -0.15) is 13.2 Å². The number of carbonyl (C=O) groups is 1. The first kappa shape index (κ1) is 22.6. The summed E-state index contributed by atoms with van der Waals surface area (Å²) in [7, 11) is 0. The number of rotatable bonds is 5. The second-order valence-corrected chi connectivity index (χ2v) is 8.39. The largest absolute Gasteiger partial charge is 0.416 e. The molecule has 1 unspecified atom stereocenters. The highest BCUT2D eigenvalue weighted by molar-refractivity contribution is 6.30. The molecule has 0 saturated carbocycles. The number of benzene rings is 1. The number of piperazine rings is 1. The number of imidazole rings is 1. The van der Waals surface area contributed by atoms with Gasteiger partial charge in [0, 0.05) is 50.9 Å². The minimum Gasteiger partial charge on any atom is -0.340 e. The van der Waals surface area contributed by atoms with Gasteiger partial charge >= 0.3 is 6.18 Å². The number of alkyl halides is 3. The Hall–Kier alpha value is -2.58. The predicted molar refractivity (Wildman–Crippen MR) is 117 cm³/mol. The van der Waals surface area contributed by atoms with Crippen molar-refractivity contribution in [3.8, 4) is 0 Å². The summed E-state index contributed by atoms with van der Waals surface area (Å²) >= 11 is 6.16. The van der Waals surface area contributed by atoms with Crippen molar-refractivity contribution in [3.63, 3.8) is 0 Å². The molecule has 170 valence electrons. The van der Waals surface area contributed by atoms with E-state index in [2.05, 4.69) is 16.8 Å². The maximum Gasteiger partial charge on any atom is 0.416 e. The number of pyridine rings is 1. The maximum absolute atomic E-state index is 13.4. The van der Waals surface area contributed by atoms with Crippen LogP contribution in [0.3, 0.4) is 0 Å². The number of nitrogens with zero attached hydrogens (tertiary/aromatic N) is 4. The number of hydrogen-bond donors (Lipinski definition) is 0. The first-order valence-electron chi connectivity index (χ1n) is 10.6. The van der Waals surface area contributed by atoms with Gasteiger partial charge in [-0.25, -0.2) is 4.98 Å². The van der Waals surface area contributed by atoms with Crippen LogP contribution < -0.4 is 0 Å². The lowest BCUT2D eigenvalue weighted by molar-refractivity contribution is -0.137. The van der Waals surface area contributed by atoms with E-state index in [4.69, 9.17) is 11.6 Å². The van der Waals surface area contributed by atoms with Crippen LogP contribution in [0.15, 0.2) is 48.8 Å². The second-order valence-electron chi connectivity index (χ2n) is 7.95. The van der Waals surface area contributed by atoms with Crippen LogP contribution in [-0.4, -0.2) is 57.8 Å². The lowest BCUT2D eigenvalue weighted by atomic mass is 9.90. The zero-order valence-corrected chi connectivity index (χ0v) is 18.4. The molecular formula is C23H24ClF3N4O. The molecule has 2 aromatic heterocycles. The Morgan fingerprint density at radius 2 is 1.91 bits per heavy atom. The number of amides is 1. The molecule has 3 aromatic rings. The van der Waals surface area contributed by atoms with E-state index in [1.54, 1.807) is 39.9 Å². The molecule has 1 fully saturated rings. The molecule has 0 N–H and O–H groups in total. The molecular weight excluding hydrogens is 441 g/mol. The summed E-state index contributed by atoms with van der Waals surface area (Å²) in [6, 6.07) is 8.61. The third-order valence-electron chi connectivity index (χ3n) is 6.02. The third kappa shape index (κ3) is 4.76. The molecule has 1 aromatic carbocycles. The van der Waals surface area contributed by atoms with Crippen LogP contribution in [-0.2, 0) is 11.0 Å². The third-order valence-corrected chi connectivity index (χ3v) is 6.25. The van der Waals surface area contributed by atoms with Crippen LogP contribution >= 0.6 is 11.6 Å². The number of hydrogen-bond acceptors (Lipinski definition) is 3. The highest BCUT2D eigenvalue weighted by atomic mass is 35.5. The smallest absolute Gasteiger partial charge is 0.340 e. The molecule has 0 radical (unpaired) electrons. The van der Waals surface area contributed by atoms with E-state index in [1.807, 2.05) is 0 Å². The number of aromatic nitrogens is 2. The zero-order chi connectivity index (χ0) is 22.9. The standard InChI is InChI=1S/C23H24ClF3N4O/c1-2-29-8-10-30(11-9-29)22(32)13-19(16-4-3-5-17(12-16)23(25,26)27)20-14-28-21-7-6-18(24)15-31(20)21/h3-7,12,14-15,19H,2,8-11,13H2,1H3. The molecule has 0 aliphatic carbocycles. The fourth-order valence-corrected chi connectivity index (χ4v) is 4.33. The van der Waals surface area contributed by atoms with E-state index >= 15 is 0 Å². The van der Waals surface area contributed by atoms with Crippen molar-refractivity contribution >= 4 is 23.2 Å². The Balaban J connectivity index is 1.70. The van der Waals surface area contributed by atoms with E-state index in [9.17, 15) is 18.0 Å². The second kappa shape index (κ2) is 9.11. The molecule has 1 saturated heterocycles. The minimum absolute atomic E-state index is 0.0493. The van der Waals surface area contributed by atoms with Gasteiger partial charge in [0.25, 0.3) is 0 Å². The monoisotopic (exact) mass is 464 g/mol. The summed E-state index contributed by atoms with van der Waals surface area (Å²) in [5.74, 6) is -0.678. The fourth-order valence-electron chi connectivity index (χ4n) is 4.17. The van der Waals surface area contributed by atoms with E-state index in [1.165, 1.54) is 6.07 Å². The van der Waals surface area contributed by atoms with Crippen LogP contribution in [0.1, 0.15) is 36.1 Å². The summed E-state index contributed by atoms with van der Waals surface area (Å²) in [4.78, 5) is 21.6. The molecule has 32 heavy (non-hydrogen) atoms. The van der Waals surface area contributed by atoms with Crippen molar-refractivity contribution in [2.24, 2.45) is 0 Å². The fraction of sp³-hybridized carbons (Fsp3) is 0.391. The van der Waals surface area contributed by atoms with Crippen molar-refractivity contribution in [3.05, 3.63) is 70.6 Å². The summed E-state index contributed by atoms with van der Waals surface area (Å²) in [6.45, 7) is 5.82. The molecule has 3 heterocycles. The summed E-state index contributed by atoms with van der Waals surface area (Å²) in [6.07, 6.45) is -1.14. The summed E-state index contributed by atoms with van der Waals surface area (Å²) < 4.78 is 41.9. The normalized spacial score (nSPS) is 16.5. The van der Waals surface area contributed by atoms with Gasteiger partial charge in [-0.3, -0.25) is 4.79 Å². The molecule has 1 amide bonds.